The van der Waals surface area contributed by atoms with Crippen LogP contribution in [0.4, 0.5) is 0 Å². The Hall–Kier alpha value is -9.08. The van der Waals surface area contributed by atoms with Crippen molar-refractivity contribution in [2.45, 2.75) is 13.8 Å². The summed E-state index contributed by atoms with van der Waals surface area (Å²) < 4.78 is 0. The van der Waals surface area contributed by atoms with E-state index in [4.69, 9.17) is 0 Å². The van der Waals surface area contributed by atoms with Crippen LogP contribution in [-0.4, -0.2) is 29.9 Å². The Morgan fingerprint density at radius 2 is 0.674 bits per heavy atom. The minimum absolute atomic E-state index is 0. The third-order valence-electron chi connectivity index (χ3n) is 12.9. The zero-order valence-corrected chi connectivity index (χ0v) is 53.3. The number of aryl methyl sites for hydroxylation is 2. The molecule has 0 fully saturated rings. The van der Waals surface area contributed by atoms with Crippen molar-refractivity contribution in [1.29, 1.82) is 0 Å². The Balaban J connectivity index is 0.000000162. The summed E-state index contributed by atoms with van der Waals surface area (Å²) in [5, 5.41) is 4.01. The maximum absolute atomic E-state index is 4.46. The summed E-state index contributed by atoms with van der Waals surface area (Å²) in [6, 6.07) is 100. The Kier molecular flexibility index (Phi) is 24.5. The van der Waals surface area contributed by atoms with Gasteiger partial charge in [-0.15, -0.1) is 142 Å². The van der Waals surface area contributed by atoms with Gasteiger partial charge in [-0.05, 0) is 95.5 Å². The van der Waals surface area contributed by atoms with Crippen molar-refractivity contribution in [3.05, 3.63) is 338 Å². The molecule has 0 unspecified atom stereocenters. The van der Waals surface area contributed by atoms with Crippen LogP contribution in [0.5, 0.6) is 0 Å². The van der Waals surface area contributed by atoms with Crippen LogP contribution in [0.25, 0.3) is 99.6 Å². The molecule has 8 heterocycles. The maximum atomic E-state index is 4.46. The zero-order chi connectivity index (χ0) is 57.4. The van der Waals surface area contributed by atoms with Gasteiger partial charge in [0.1, 0.15) is 0 Å². The van der Waals surface area contributed by atoms with Gasteiger partial charge in [0.15, 0.2) is 0 Å². The SMILES string of the molecule is Cc1ccc(-c2ccc(C)c(-c3c[c-]c(-c4ccccn4)cc3)c2)c(-c2c[c-]c(-c3ccccn3)cc2)c1.[Ir+3].[Ir+3].[c-]1ccccc1-c1ccccn1.[c-]1ccccc1-c1ccccn1.[c-]1ccsc1-c1ccccn1.[c-]1ccsc1-c1ccccn1. The standard InChI is InChI=1S/C36H26N2.2C11H8N.2C9H6NS.2Ir/c1-25-9-20-32(34(23-25)28-14-18-30(19-15-28)36-8-4-6-22-38-36)31-11-10-26(2)33(24-31)27-12-16-29(17-13-27)35-7-3-5-21-37-35;2*1-2-6-10(7-3-1)11-8-4-5-9-12-11;2*1-2-6-10-8(4-1)9-5-3-7-11-9;;/h3-16,18,20-24H,1-2H3;2*1-6,8-9H;2*1-4,6-7H;;/q-2;4*-1;2*+3. The van der Waals surface area contributed by atoms with Crippen molar-refractivity contribution in [2.24, 2.45) is 0 Å². The summed E-state index contributed by atoms with van der Waals surface area (Å²) in [7, 11) is 0. The van der Waals surface area contributed by atoms with Gasteiger partial charge >= 0.3 is 40.2 Å². The molecule has 6 aromatic carbocycles. The Labute approximate surface area is 539 Å². The predicted molar refractivity (Wildman–Crippen MR) is 346 cm³/mol. The number of pyridine rings is 6. The molecule has 0 amide bonds. The molecule has 0 atom stereocenters. The number of benzene rings is 6. The number of rotatable bonds is 9. The molecular weight excluding hydrogens is 1450 g/mol. The van der Waals surface area contributed by atoms with Crippen LogP contribution in [-0.2, 0) is 40.2 Å². The van der Waals surface area contributed by atoms with Crippen molar-refractivity contribution >= 4 is 22.7 Å². The van der Waals surface area contributed by atoms with Gasteiger partial charge in [0.2, 0.25) is 0 Å². The molecule has 0 saturated carbocycles. The van der Waals surface area contributed by atoms with Crippen molar-refractivity contribution in [1.82, 2.24) is 29.9 Å². The van der Waals surface area contributed by atoms with E-state index < -0.39 is 0 Å². The third kappa shape index (κ3) is 18.0. The van der Waals surface area contributed by atoms with E-state index in [2.05, 4.69) is 153 Å². The van der Waals surface area contributed by atoms with E-state index in [0.29, 0.717) is 0 Å². The van der Waals surface area contributed by atoms with E-state index in [1.54, 1.807) is 47.5 Å². The molecule has 418 valence electrons. The van der Waals surface area contributed by atoms with Crippen LogP contribution in [0.3, 0.4) is 0 Å². The Bertz CT molecular complexity index is 3920. The van der Waals surface area contributed by atoms with Gasteiger partial charge in [0.25, 0.3) is 0 Å². The van der Waals surface area contributed by atoms with Crippen LogP contribution in [0.1, 0.15) is 11.1 Å². The Morgan fingerprint density at radius 3 is 1.02 bits per heavy atom. The molecule has 0 aliphatic rings. The van der Waals surface area contributed by atoms with Crippen molar-refractivity contribution < 1.29 is 40.2 Å². The van der Waals surface area contributed by atoms with Gasteiger partial charge in [-0.25, -0.2) is 22.7 Å². The molecule has 14 rings (SSSR count). The minimum atomic E-state index is 0. The van der Waals surface area contributed by atoms with Crippen molar-refractivity contribution in [3.63, 3.8) is 0 Å². The molecular formula is C76H54Ir2N6S2. The smallest absolute Gasteiger partial charge is 0.319 e. The number of aromatic nitrogens is 6. The van der Waals surface area contributed by atoms with Crippen LogP contribution < -0.4 is 0 Å². The fourth-order valence-electron chi connectivity index (χ4n) is 8.70. The molecule has 0 saturated heterocycles. The van der Waals surface area contributed by atoms with Gasteiger partial charge < -0.3 is 29.9 Å². The molecule has 8 aromatic heterocycles. The van der Waals surface area contributed by atoms with Gasteiger partial charge in [-0.3, -0.25) is 0 Å². The van der Waals surface area contributed by atoms with Crippen LogP contribution in [0.2, 0.25) is 0 Å². The predicted octanol–water partition coefficient (Wildman–Crippen LogP) is 19.3. The summed E-state index contributed by atoms with van der Waals surface area (Å²) >= 11 is 3.32. The number of hydrogen-bond donors (Lipinski definition) is 0. The van der Waals surface area contributed by atoms with E-state index in [1.807, 2.05) is 193 Å². The largest absolute Gasteiger partial charge is 3.00 e. The molecule has 10 heteroatoms. The topological polar surface area (TPSA) is 77.3 Å². The number of thiophene rings is 2. The fraction of sp³-hybridized carbons (Fsp3) is 0.0263. The van der Waals surface area contributed by atoms with Crippen LogP contribution in [0, 0.1) is 50.2 Å². The summed E-state index contributed by atoms with van der Waals surface area (Å²) in [5.41, 5.74) is 19.4. The summed E-state index contributed by atoms with van der Waals surface area (Å²) in [6.45, 7) is 4.30. The molecule has 0 N–H and O–H groups in total. The second kappa shape index (κ2) is 33.4. The minimum Gasteiger partial charge on any atom is -0.319 e. The molecule has 14 aromatic rings. The van der Waals surface area contributed by atoms with Crippen molar-refractivity contribution in [3.8, 4) is 99.6 Å². The van der Waals surface area contributed by atoms with Crippen molar-refractivity contribution in [2.75, 3.05) is 0 Å². The average Bonchev–Trinajstić information content (AvgIpc) is 2.52. The quantitative estimate of drug-likeness (QED) is 0.134. The second-order valence-electron chi connectivity index (χ2n) is 18.7. The van der Waals surface area contributed by atoms with Crippen LogP contribution >= 0.6 is 22.7 Å². The molecule has 0 aliphatic carbocycles. The first-order valence-electron chi connectivity index (χ1n) is 27.1. The van der Waals surface area contributed by atoms with Crippen LogP contribution in [0.15, 0.2) is 291 Å². The summed E-state index contributed by atoms with van der Waals surface area (Å²) in [4.78, 5) is 28.0. The molecule has 86 heavy (non-hydrogen) atoms. The normalized spacial score (nSPS) is 10.0. The molecule has 0 aliphatic heterocycles. The summed E-state index contributed by atoms with van der Waals surface area (Å²) in [5.74, 6) is 0. The second-order valence-corrected chi connectivity index (χ2v) is 20.5. The van der Waals surface area contributed by atoms with E-state index >= 15 is 0 Å². The number of hydrogen-bond acceptors (Lipinski definition) is 8. The van der Waals surface area contributed by atoms with E-state index in [1.165, 1.54) is 33.4 Å². The van der Waals surface area contributed by atoms with E-state index in [-0.39, 0.29) is 40.2 Å². The molecule has 0 spiro atoms. The first-order chi connectivity index (χ1) is 41.5. The monoisotopic (exact) mass is 1500 g/mol. The first-order valence-corrected chi connectivity index (χ1v) is 28.9. The van der Waals surface area contributed by atoms with E-state index in [9.17, 15) is 0 Å². The maximum Gasteiger partial charge on any atom is 3.00 e. The molecule has 6 nitrogen and oxygen atoms in total. The average molecular weight is 1500 g/mol. The first kappa shape index (κ1) is 63.0. The molecule has 0 radical (unpaired) electrons. The Morgan fingerprint density at radius 1 is 0.291 bits per heavy atom. The van der Waals surface area contributed by atoms with Gasteiger partial charge in [-0.2, -0.15) is 24.3 Å². The summed E-state index contributed by atoms with van der Waals surface area (Å²) in [6.07, 6.45) is 10.8. The van der Waals surface area contributed by atoms with E-state index in [0.717, 1.165) is 77.3 Å². The van der Waals surface area contributed by atoms with Gasteiger partial charge in [-0.1, -0.05) is 152 Å². The molecule has 0 bridgehead atoms. The number of nitrogens with zero attached hydrogens (tertiary/aromatic N) is 6. The zero-order valence-electron chi connectivity index (χ0n) is 46.9. The van der Waals surface area contributed by atoms with Gasteiger partial charge in [0, 0.05) is 37.2 Å². The van der Waals surface area contributed by atoms with Gasteiger partial charge in [0.05, 0.1) is 0 Å². The fourth-order valence-corrected chi connectivity index (χ4v) is 10.0. The third-order valence-corrected chi connectivity index (χ3v) is 14.6.